The highest BCUT2D eigenvalue weighted by atomic mass is 16.5. The fourth-order valence-corrected chi connectivity index (χ4v) is 3.30. The number of allylic oxidation sites excluding steroid dienone is 2. The molecular weight excluding hydrogens is 272 g/mol. The van der Waals surface area contributed by atoms with Crippen molar-refractivity contribution < 1.29 is 9.53 Å². The maximum Gasteiger partial charge on any atom is 0.161 e. The van der Waals surface area contributed by atoms with Gasteiger partial charge in [-0.1, -0.05) is 55.8 Å². The number of Topliss-reactive ketones (excluding diaryl/α,β-unsaturated/α-hetero) is 1. The van der Waals surface area contributed by atoms with Crippen LogP contribution in [-0.4, -0.2) is 11.9 Å². The van der Waals surface area contributed by atoms with Crippen LogP contribution in [0.4, 0.5) is 0 Å². The predicted molar refractivity (Wildman–Crippen MR) is 90.6 cm³/mol. The van der Waals surface area contributed by atoms with Crippen LogP contribution in [0, 0.1) is 11.3 Å². The number of ether oxygens (including phenoxy) is 1. The number of hydrogen-bond acceptors (Lipinski definition) is 2. The van der Waals surface area contributed by atoms with Gasteiger partial charge in [0.15, 0.2) is 5.78 Å². The Hall–Kier alpha value is -1.41. The molecule has 0 amide bonds. The van der Waals surface area contributed by atoms with Crippen LogP contribution in [-0.2, 0) is 16.1 Å². The molecule has 0 saturated heterocycles. The maximum absolute atomic E-state index is 12.5. The molecule has 0 saturated carbocycles. The predicted octanol–water partition coefficient (Wildman–Crippen LogP) is 4.93. The van der Waals surface area contributed by atoms with Gasteiger partial charge in [0.2, 0.25) is 0 Å². The minimum atomic E-state index is -0.342. The summed E-state index contributed by atoms with van der Waals surface area (Å²) in [5.41, 5.74) is 2.67. The smallest absolute Gasteiger partial charge is 0.161 e. The van der Waals surface area contributed by atoms with E-state index in [-0.39, 0.29) is 17.3 Å². The Morgan fingerprint density at radius 3 is 2.64 bits per heavy atom. The lowest BCUT2D eigenvalue weighted by atomic mass is 9.66. The average molecular weight is 300 g/mol. The van der Waals surface area contributed by atoms with E-state index < -0.39 is 0 Å². The highest BCUT2D eigenvalue weighted by molar-refractivity contribution is 5.83. The van der Waals surface area contributed by atoms with Crippen LogP contribution in [0.5, 0.6) is 0 Å². The molecule has 22 heavy (non-hydrogen) atoms. The van der Waals surface area contributed by atoms with E-state index in [9.17, 15) is 4.79 Å². The van der Waals surface area contributed by atoms with Gasteiger partial charge in [-0.2, -0.15) is 0 Å². The van der Waals surface area contributed by atoms with Gasteiger partial charge in [0, 0.05) is 6.42 Å². The van der Waals surface area contributed by atoms with Crippen molar-refractivity contribution in [2.45, 2.75) is 59.7 Å². The molecular formula is C20H28O2. The van der Waals surface area contributed by atoms with E-state index in [2.05, 4.69) is 26.8 Å². The van der Waals surface area contributed by atoms with Gasteiger partial charge in [-0.3, -0.25) is 4.79 Å². The number of ketones is 1. The molecule has 1 aromatic rings. The molecule has 0 heterocycles. The topological polar surface area (TPSA) is 26.3 Å². The van der Waals surface area contributed by atoms with Crippen LogP contribution in [0.2, 0.25) is 0 Å². The Kier molecular flexibility index (Phi) is 5.57. The van der Waals surface area contributed by atoms with Crippen molar-refractivity contribution in [1.29, 1.82) is 0 Å². The van der Waals surface area contributed by atoms with Gasteiger partial charge in [0.05, 0.1) is 6.61 Å². The molecule has 1 aliphatic carbocycles. The molecule has 0 spiro atoms. The van der Waals surface area contributed by atoms with E-state index in [1.54, 1.807) is 0 Å². The summed E-state index contributed by atoms with van der Waals surface area (Å²) in [5, 5.41) is 0. The molecule has 2 heteroatoms. The van der Waals surface area contributed by atoms with E-state index in [0.717, 1.165) is 18.4 Å². The fraction of sp³-hybridized carbons (Fsp3) is 0.550. The van der Waals surface area contributed by atoms with Gasteiger partial charge in [-0.25, -0.2) is 0 Å². The van der Waals surface area contributed by atoms with E-state index in [1.807, 2.05) is 37.3 Å². The second-order valence-electron chi connectivity index (χ2n) is 7.14. The van der Waals surface area contributed by atoms with E-state index in [4.69, 9.17) is 4.74 Å². The second-order valence-corrected chi connectivity index (χ2v) is 7.14. The van der Waals surface area contributed by atoms with Gasteiger partial charge >= 0.3 is 0 Å². The van der Waals surface area contributed by atoms with Crippen LogP contribution < -0.4 is 0 Å². The molecule has 2 unspecified atom stereocenters. The Morgan fingerprint density at radius 2 is 2.00 bits per heavy atom. The van der Waals surface area contributed by atoms with Gasteiger partial charge in [0.25, 0.3) is 0 Å². The van der Waals surface area contributed by atoms with E-state index >= 15 is 0 Å². The maximum atomic E-state index is 12.5. The third-order valence-corrected chi connectivity index (χ3v) is 4.95. The fourth-order valence-electron chi connectivity index (χ4n) is 3.30. The lowest BCUT2D eigenvalue weighted by Gasteiger charge is -2.38. The summed E-state index contributed by atoms with van der Waals surface area (Å²) in [5.74, 6) is 0.556. The molecule has 1 aliphatic rings. The second kappa shape index (κ2) is 7.23. The van der Waals surface area contributed by atoms with Crippen LogP contribution >= 0.6 is 0 Å². The Morgan fingerprint density at radius 1 is 1.32 bits per heavy atom. The van der Waals surface area contributed by atoms with Crippen molar-refractivity contribution in [3.8, 4) is 0 Å². The van der Waals surface area contributed by atoms with Crippen molar-refractivity contribution in [1.82, 2.24) is 0 Å². The molecule has 0 fully saturated rings. The highest BCUT2D eigenvalue weighted by Crippen LogP contribution is 2.42. The van der Waals surface area contributed by atoms with Gasteiger partial charge in [-0.15, -0.1) is 0 Å². The molecule has 0 aromatic heterocycles. The van der Waals surface area contributed by atoms with Crippen molar-refractivity contribution >= 4 is 5.78 Å². The Bertz CT molecular complexity index is 528. The number of carbonyl (C=O) groups excluding carboxylic acids is 1. The molecule has 2 nitrogen and oxygen atoms in total. The molecule has 0 N–H and O–H groups in total. The molecule has 0 radical (unpaired) electrons. The summed E-state index contributed by atoms with van der Waals surface area (Å²) < 4.78 is 5.77. The third-order valence-electron chi connectivity index (χ3n) is 4.95. The zero-order valence-electron chi connectivity index (χ0n) is 14.3. The van der Waals surface area contributed by atoms with Crippen LogP contribution in [0.25, 0.3) is 0 Å². The lowest BCUT2D eigenvalue weighted by molar-refractivity contribution is -0.131. The standard InChI is InChI=1S/C20H28O2/c1-15-9-8-12-20(3,4)18(15)13-19(21)16(2)22-14-17-10-6-5-7-11-17/h5-7,9-11,16,18H,8,12-14H2,1-4H3. The first kappa shape index (κ1) is 17.0. The number of rotatable bonds is 6. The minimum absolute atomic E-state index is 0.202. The Balaban J connectivity index is 1.91. The molecule has 2 atom stereocenters. The SMILES string of the molecule is CC1=CCCC(C)(C)C1CC(=O)C(C)OCc1ccccc1. The first-order chi connectivity index (χ1) is 10.4. The summed E-state index contributed by atoms with van der Waals surface area (Å²) in [7, 11) is 0. The van der Waals surface area contributed by atoms with Gasteiger partial charge < -0.3 is 4.74 Å². The summed E-state index contributed by atoms with van der Waals surface area (Å²) in [6.07, 6.45) is 4.82. The average Bonchev–Trinajstić information content (AvgIpc) is 2.49. The first-order valence-electron chi connectivity index (χ1n) is 8.25. The zero-order valence-corrected chi connectivity index (χ0v) is 14.3. The number of carbonyl (C=O) groups is 1. The quantitative estimate of drug-likeness (QED) is 0.696. The first-order valence-corrected chi connectivity index (χ1v) is 8.25. The molecule has 0 aliphatic heterocycles. The van der Waals surface area contributed by atoms with Crippen molar-refractivity contribution in [2.24, 2.45) is 11.3 Å². The summed E-state index contributed by atoms with van der Waals surface area (Å²) in [4.78, 5) is 12.5. The summed E-state index contributed by atoms with van der Waals surface area (Å²) in [6, 6.07) is 10.0. The molecule has 2 rings (SSSR count). The monoisotopic (exact) mass is 300 g/mol. The van der Waals surface area contributed by atoms with Crippen LogP contribution in [0.1, 0.15) is 52.5 Å². The van der Waals surface area contributed by atoms with Gasteiger partial charge in [0.1, 0.15) is 6.10 Å². The number of hydrogen-bond donors (Lipinski definition) is 0. The van der Waals surface area contributed by atoms with E-state index in [1.165, 1.54) is 5.57 Å². The minimum Gasteiger partial charge on any atom is -0.366 e. The Labute approximate surface area is 134 Å². The lowest BCUT2D eigenvalue weighted by Crippen LogP contribution is -2.33. The molecule has 120 valence electrons. The molecule has 0 bridgehead atoms. The van der Waals surface area contributed by atoms with Crippen LogP contribution in [0.3, 0.4) is 0 Å². The van der Waals surface area contributed by atoms with Crippen molar-refractivity contribution in [3.63, 3.8) is 0 Å². The normalized spacial score (nSPS) is 22.0. The third kappa shape index (κ3) is 4.30. The van der Waals surface area contributed by atoms with Crippen molar-refractivity contribution in [2.75, 3.05) is 0 Å². The van der Waals surface area contributed by atoms with Crippen LogP contribution in [0.15, 0.2) is 42.0 Å². The largest absolute Gasteiger partial charge is 0.366 e. The van der Waals surface area contributed by atoms with Crippen molar-refractivity contribution in [3.05, 3.63) is 47.5 Å². The highest BCUT2D eigenvalue weighted by Gasteiger charge is 2.35. The van der Waals surface area contributed by atoms with E-state index in [0.29, 0.717) is 18.9 Å². The zero-order chi connectivity index (χ0) is 16.2. The summed E-state index contributed by atoms with van der Waals surface area (Å²) >= 11 is 0. The number of benzene rings is 1. The van der Waals surface area contributed by atoms with Gasteiger partial charge in [-0.05, 0) is 43.6 Å². The molecule has 1 aromatic carbocycles. The summed E-state index contributed by atoms with van der Waals surface area (Å²) in [6.45, 7) is 9.08.